The monoisotopic (exact) mass is 478 g/mol. The Kier molecular flexibility index (Phi) is 5.10. The number of carbonyl (C=O) groups excluding carboxylic acids is 1. The number of halogens is 2. The van der Waals surface area contributed by atoms with Crippen LogP contribution in [0.5, 0.6) is 0 Å². The van der Waals surface area contributed by atoms with Crippen LogP contribution in [0.3, 0.4) is 0 Å². The Bertz CT molecular complexity index is 1280. The Hall–Kier alpha value is -2.99. The molecule has 4 nitrogen and oxygen atoms in total. The number of rotatable bonds is 3. The van der Waals surface area contributed by atoms with Crippen molar-refractivity contribution in [2.24, 2.45) is 0 Å². The van der Waals surface area contributed by atoms with Gasteiger partial charge in [0, 0.05) is 16.6 Å². The lowest BCUT2D eigenvalue weighted by Crippen LogP contribution is -2.30. The van der Waals surface area contributed by atoms with Gasteiger partial charge < -0.3 is 9.32 Å². The molecule has 1 amide bonds. The first-order valence-corrected chi connectivity index (χ1v) is 11.0. The molecule has 31 heavy (non-hydrogen) atoms. The first-order chi connectivity index (χ1) is 15.0. The van der Waals surface area contributed by atoms with Gasteiger partial charge in [-0.05, 0) is 85.0 Å². The van der Waals surface area contributed by atoms with Crippen LogP contribution in [0.4, 0.5) is 4.39 Å². The van der Waals surface area contributed by atoms with Crippen molar-refractivity contribution >= 4 is 32.9 Å². The first-order valence-electron chi connectivity index (χ1n) is 10.2. The second kappa shape index (κ2) is 7.93. The molecule has 1 fully saturated rings. The highest BCUT2D eigenvalue weighted by atomic mass is 79.9. The van der Waals surface area contributed by atoms with Crippen LogP contribution in [-0.4, -0.2) is 22.3 Å². The van der Waals surface area contributed by atoms with Gasteiger partial charge in [-0.25, -0.2) is 9.37 Å². The topological polar surface area (TPSA) is 46.3 Å². The molecule has 1 atom stereocenters. The van der Waals surface area contributed by atoms with Crippen molar-refractivity contribution < 1.29 is 13.6 Å². The smallest absolute Gasteiger partial charge is 0.254 e. The maximum Gasteiger partial charge on any atom is 0.254 e. The average Bonchev–Trinajstić information content (AvgIpc) is 3.42. The number of hydrogen-bond donors (Lipinski definition) is 0. The van der Waals surface area contributed by atoms with Crippen LogP contribution in [0.15, 0.2) is 69.6 Å². The van der Waals surface area contributed by atoms with Gasteiger partial charge in [0.25, 0.3) is 5.91 Å². The third-order valence-electron chi connectivity index (χ3n) is 5.79. The highest BCUT2D eigenvalue weighted by Crippen LogP contribution is 2.35. The molecular formula is C25H20BrFN2O2. The van der Waals surface area contributed by atoms with Crippen LogP contribution in [0, 0.1) is 12.7 Å². The summed E-state index contributed by atoms with van der Waals surface area (Å²) in [5.41, 5.74) is 4.55. The van der Waals surface area contributed by atoms with Crippen LogP contribution in [-0.2, 0) is 0 Å². The molecule has 2 heterocycles. The predicted octanol–water partition coefficient (Wildman–Crippen LogP) is 6.68. The van der Waals surface area contributed by atoms with Crippen molar-refractivity contribution in [2.45, 2.75) is 25.8 Å². The van der Waals surface area contributed by atoms with Gasteiger partial charge in [-0.1, -0.05) is 28.1 Å². The van der Waals surface area contributed by atoms with E-state index in [9.17, 15) is 9.18 Å². The third-order valence-corrected chi connectivity index (χ3v) is 6.31. The molecule has 0 saturated carbocycles. The molecule has 1 aliphatic heterocycles. The summed E-state index contributed by atoms with van der Waals surface area (Å²) < 4.78 is 20.6. The first kappa shape index (κ1) is 19.9. The molecule has 0 bridgehead atoms. The zero-order valence-corrected chi connectivity index (χ0v) is 18.5. The van der Waals surface area contributed by atoms with Crippen molar-refractivity contribution in [3.63, 3.8) is 0 Å². The average molecular weight is 479 g/mol. The van der Waals surface area contributed by atoms with Crippen molar-refractivity contribution in [1.82, 2.24) is 9.88 Å². The molecule has 0 spiro atoms. The van der Waals surface area contributed by atoms with Crippen molar-refractivity contribution in [3.05, 3.63) is 88.0 Å². The Labute approximate surface area is 187 Å². The molecular weight excluding hydrogens is 459 g/mol. The van der Waals surface area contributed by atoms with Crippen LogP contribution in [0.25, 0.3) is 22.2 Å². The number of aryl methyl sites for hydroxylation is 1. The number of likely N-dealkylation sites (tertiary alicyclic amines) is 1. The zero-order chi connectivity index (χ0) is 21.5. The Balaban J connectivity index is 1.46. The SMILES string of the molecule is Cc1cc(-c2ccc3oc(C4CCCN4C(=O)c4ccc(Br)cc4)nc3c2)ccc1F. The number of carbonyl (C=O) groups is 1. The quantitative estimate of drug-likeness (QED) is 0.329. The van der Waals surface area contributed by atoms with Crippen molar-refractivity contribution in [1.29, 1.82) is 0 Å². The molecule has 3 aromatic carbocycles. The van der Waals surface area contributed by atoms with Gasteiger partial charge in [-0.2, -0.15) is 0 Å². The second-order valence-electron chi connectivity index (χ2n) is 7.86. The minimum absolute atomic E-state index is 0.0141. The number of benzene rings is 3. The van der Waals surface area contributed by atoms with Gasteiger partial charge in [-0.15, -0.1) is 0 Å². The summed E-state index contributed by atoms with van der Waals surface area (Å²) in [5, 5.41) is 0. The molecule has 1 saturated heterocycles. The second-order valence-corrected chi connectivity index (χ2v) is 8.78. The normalized spacial score (nSPS) is 16.2. The fourth-order valence-corrected chi connectivity index (χ4v) is 4.38. The molecule has 5 rings (SSSR count). The Morgan fingerprint density at radius 3 is 2.61 bits per heavy atom. The van der Waals surface area contributed by atoms with Crippen LogP contribution in [0.1, 0.15) is 40.7 Å². The Morgan fingerprint density at radius 1 is 1.10 bits per heavy atom. The maximum atomic E-state index is 13.6. The Morgan fingerprint density at radius 2 is 1.84 bits per heavy atom. The fourth-order valence-electron chi connectivity index (χ4n) is 4.12. The number of oxazole rings is 1. The lowest BCUT2D eigenvalue weighted by molar-refractivity contribution is 0.0717. The van der Waals surface area contributed by atoms with Crippen LogP contribution < -0.4 is 0 Å². The molecule has 1 unspecified atom stereocenters. The maximum absolute atomic E-state index is 13.6. The van der Waals surface area contributed by atoms with E-state index in [4.69, 9.17) is 9.40 Å². The van der Waals surface area contributed by atoms with Crippen LogP contribution in [0.2, 0.25) is 0 Å². The summed E-state index contributed by atoms with van der Waals surface area (Å²) in [6, 6.07) is 18.1. The van der Waals surface area contributed by atoms with E-state index < -0.39 is 0 Å². The molecule has 0 aliphatic carbocycles. The highest BCUT2D eigenvalue weighted by Gasteiger charge is 2.34. The van der Waals surface area contributed by atoms with Gasteiger partial charge in [0.05, 0.1) is 0 Å². The number of nitrogens with zero attached hydrogens (tertiary/aromatic N) is 2. The van der Waals surface area contributed by atoms with Gasteiger partial charge in [-0.3, -0.25) is 4.79 Å². The third kappa shape index (κ3) is 3.76. The largest absolute Gasteiger partial charge is 0.438 e. The van der Waals surface area contributed by atoms with E-state index >= 15 is 0 Å². The summed E-state index contributed by atoms with van der Waals surface area (Å²) >= 11 is 3.41. The minimum Gasteiger partial charge on any atom is -0.438 e. The lowest BCUT2D eigenvalue weighted by atomic mass is 10.0. The van der Waals surface area contributed by atoms with E-state index in [1.165, 1.54) is 6.07 Å². The van der Waals surface area contributed by atoms with Gasteiger partial charge in [0.1, 0.15) is 17.4 Å². The van der Waals surface area contributed by atoms with E-state index in [1.54, 1.807) is 13.0 Å². The van der Waals surface area contributed by atoms with E-state index in [-0.39, 0.29) is 17.8 Å². The van der Waals surface area contributed by atoms with Crippen molar-refractivity contribution in [2.75, 3.05) is 6.54 Å². The molecule has 0 radical (unpaired) electrons. The van der Waals surface area contributed by atoms with Gasteiger partial charge >= 0.3 is 0 Å². The van der Waals surface area contributed by atoms with E-state index in [1.807, 2.05) is 53.4 Å². The summed E-state index contributed by atoms with van der Waals surface area (Å²) in [5.74, 6) is 0.329. The predicted molar refractivity (Wildman–Crippen MR) is 121 cm³/mol. The van der Waals surface area contributed by atoms with Crippen molar-refractivity contribution in [3.8, 4) is 11.1 Å². The fraction of sp³-hybridized carbons (Fsp3) is 0.200. The number of amides is 1. The molecule has 156 valence electrons. The van der Waals surface area contributed by atoms with E-state index in [0.717, 1.165) is 34.0 Å². The van der Waals surface area contributed by atoms with E-state index in [0.29, 0.717) is 29.1 Å². The number of aromatic nitrogens is 1. The molecule has 1 aromatic heterocycles. The lowest BCUT2D eigenvalue weighted by Gasteiger charge is -2.22. The molecule has 0 N–H and O–H groups in total. The highest BCUT2D eigenvalue weighted by molar-refractivity contribution is 9.10. The molecule has 4 aromatic rings. The molecule has 1 aliphatic rings. The zero-order valence-electron chi connectivity index (χ0n) is 16.9. The summed E-state index contributed by atoms with van der Waals surface area (Å²) in [7, 11) is 0. The van der Waals surface area contributed by atoms with Gasteiger partial charge in [0.15, 0.2) is 5.58 Å². The standard InChI is InChI=1S/C25H20BrFN2O2/c1-15-13-17(6-10-20(15)27)18-7-11-23-21(14-18)28-24(31-23)22-3-2-12-29(22)25(30)16-4-8-19(26)9-5-16/h4-11,13-14,22H,2-3,12H2,1H3. The summed E-state index contributed by atoms with van der Waals surface area (Å²) in [6.07, 6.45) is 1.73. The number of fused-ring (bicyclic) bond motifs is 1. The van der Waals surface area contributed by atoms with Gasteiger partial charge in [0.2, 0.25) is 5.89 Å². The van der Waals surface area contributed by atoms with Crippen LogP contribution >= 0.6 is 15.9 Å². The minimum atomic E-state index is -0.217. The summed E-state index contributed by atoms with van der Waals surface area (Å²) in [4.78, 5) is 19.6. The molecule has 6 heteroatoms. The van der Waals surface area contributed by atoms with E-state index in [2.05, 4.69) is 15.9 Å². The summed E-state index contributed by atoms with van der Waals surface area (Å²) in [6.45, 7) is 2.43. The number of hydrogen-bond acceptors (Lipinski definition) is 3.